The van der Waals surface area contributed by atoms with E-state index in [-0.39, 0.29) is 11.9 Å². The zero-order valence-corrected chi connectivity index (χ0v) is 12.6. The summed E-state index contributed by atoms with van der Waals surface area (Å²) in [6.07, 6.45) is 0.939. The van der Waals surface area contributed by atoms with E-state index < -0.39 is 0 Å². The van der Waals surface area contributed by atoms with Crippen molar-refractivity contribution in [2.24, 2.45) is 11.8 Å². The van der Waals surface area contributed by atoms with Crippen molar-refractivity contribution in [2.75, 3.05) is 26.3 Å². The predicted molar refractivity (Wildman–Crippen MR) is 75.6 cm³/mol. The molecule has 0 bridgehead atoms. The van der Waals surface area contributed by atoms with Crippen LogP contribution in [0.3, 0.4) is 0 Å². The molecule has 108 valence electrons. The second-order valence-corrected chi connectivity index (χ2v) is 5.64. The number of carbonyl (C=O) groups is 1. The largest absolute Gasteiger partial charge is 0.381 e. The highest BCUT2D eigenvalue weighted by Crippen LogP contribution is 1.93. The van der Waals surface area contributed by atoms with Crippen LogP contribution in [-0.4, -0.2) is 38.3 Å². The highest BCUT2D eigenvalue weighted by molar-refractivity contribution is 5.81. The fourth-order valence-electron chi connectivity index (χ4n) is 1.36. The van der Waals surface area contributed by atoms with Crippen LogP contribution in [0, 0.1) is 11.8 Å². The molecule has 0 fully saturated rings. The van der Waals surface area contributed by atoms with Gasteiger partial charge in [0.15, 0.2) is 0 Å². The maximum Gasteiger partial charge on any atom is 0.236 e. The minimum Gasteiger partial charge on any atom is -0.381 e. The highest BCUT2D eigenvalue weighted by atomic mass is 16.5. The quantitative estimate of drug-likeness (QED) is 0.588. The lowest BCUT2D eigenvalue weighted by atomic mass is 10.2. The van der Waals surface area contributed by atoms with Crippen molar-refractivity contribution in [1.29, 1.82) is 0 Å². The normalized spacial score (nSPS) is 13.1. The summed E-state index contributed by atoms with van der Waals surface area (Å²) >= 11 is 0. The van der Waals surface area contributed by atoms with Crippen molar-refractivity contribution >= 4 is 5.91 Å². The minimum atomic E-state index is -0.131. The first-order chi connectivity index (χ1) is 8.43. The molecule has 0 heterocycles. The van der Waals surface area contributed by atoms with E-state index >= 15 is 0 Å². The van der Waals surface area contributed by atoms with Gasteiger partial charge in [0.05, 0.1) is 6.04 Å². The number of nitrogens with one attached hydrogen (secondary N) is 2. The highest BCUT2D eigenvalue weighted by Gasteiger charge is 2.11. The summed E-state index contributed by atoms with van der Waals surface area (Å²) in [7, 11) is 0. The lowest BCUT2D eigenvalue weighted by Gasteiger charge is -2.15. The molecule has 1 unspecified atom stereocenters. The Kier molecular flexibility index (Phi) is 9.98. The average molecular weight is 258 g/mol. The third-order valence-electron chi connectivity index (χ3n) is 2.44. The van der Waals surface area contributed by atoms with Gasteiger partial charge in [-0.1, -0.05) is 27.7 Å². The molecular weight excluding hydrogens is 228 g/mol. The van der Waals surface area contributed by atoms with Crippen LogP contribution in [0.2, 0.25) is 0 Å². The second-order valence-electron chi connectivity index (χ2n) is 5.64. The second kappa shape index (κ2) is 10.3. The molecule has 0 saturated carbocycles. The zero-order valence-electron chi connectivity index (χ0n) is 12.6. The van der Waals surface area contributed by atoms with Crippen LogP contribution in [0.5, 0.6) is 0 Å². The molecule has 0 aromatic carbocycles. The van der Waals surface area contributed by atoms with E-state index in [1.54, 1.807) is 0 Å². The molecule has 0 aliphatic heterocycles. The SMILES string of the molecule is CC(C)CNC(=O)C(C)NCCCOCC(C)C. The molecule has 0 saturated heterocycles. The van der Waals surface area contributed by atoms with Crippen LogP contribution in [-0.2, 0) is 9.53 Å². The van der Waals surface area contributed by atoms with E-state index in [2.05, 4.69) is 38.3 Å². The minimum absolute atomic E-state index is 0.0757. The summed E-state index contributed by atoms with van der Waals surface area (Å²) in [5, 5.41) is 6.12. The van der Waals surface area contributed by atoms with E-state index in [0.717, 1.165) is 32.7 Å². The molecule has 2 N–H and O–H groups in total. The van der Waals surface area contributed by atoms with Gasteiger partial charge in [-0.2, -0.15) is 0 Å². The lowest BCUT2D eigenvalue weighted by molar-refractivity contribution is -0.122. The molecule has 0 aliphatic rings. The molecular formula is C14H30N2O2. The fraction of sp³-hybridized carbons (Fsp3) is 0.929. The van der Waals surface area contributed by atoms with Gasteiger partial charge >= 0.3 is 0 Å². The topological polar surface area (TPSA) is 50.4 Å². The first kappa shape index (κ1) is 17.4. The molecule has 0 radical (unpaired) electrons. The van der Waals surface area contributed by atoms with E-state index in [1.807, 2.05) is 6.92 Å². The van der Waals surface area contributed by atoms with Crippen LogP contribution in [0.15, 0.2) is 0 Å². The Bertz CT molecular complexity index is 218. The lowest BCUT2D eigenvalue weighted by Crippen LogP contribution is -2.43. The number of hydrogen-bond donors (Lipinski definition) is 2. The van der Waals surface area contributed by atoms with Crippen LogP contribution < -0.4 is 10.6 Å². The van der Waals surface area contributed by atoms with E-state index in [4.69, 9.17) is 4.74 Å². The van der Waals surface area contributed by atoms with Gasteiger partial charge in [0.1, 0.15) is 0 Å². The Morgan fingerprint density at radius 2 is 1.78 bits per heavy atom. The van der Waals surface area contributed by atoms with Crippen molar-refractivity contribution in [1.82, 2.24) is 10.6 Å². The Balaban J connectivity index is 3.46. The number of amides is 1. The van der Waals surface area contributed by atoms with Gasteiger partial charge in [0.25, 0.3) is 0 Å². The van der Waals surface area contributed by atoms with Crippen LogP contribution in [0.25, 0.3) is 0 Å². The molecule has 0 rings (SSSR count). The van der Waals surface area contributed by atoms with Crippen LogP contribution in [0.1, 0.15) is 41.0 Å². The van der Waals surface area contributed by atoms with E-state index in [9.17, 15) is 4.79 Å². The number of ether oxygens (including phenoxy) is 1. The van der Waals surface area contributed by atoms with Gasteiger partial charge in [-0.25, -0.2) is 0 Å². The predicted octanol–water partition coefficient (Wildman–Crippen LogP) is 1.80. The van der Waals surface area contributed by atoms with Gasteiger partial charge in [-0.3, -0.25) is 4.79 Å². The molecule has 18 heavy (non-hydrogen) atoms. The maximum atomic E-state index is 11.7. The van der Waals surface area contributed by atoms with Crippen molar-refractivity contribution in [3.8, 4) is 0 Å². The van der Waals surface area contributed by atoms with Crippen LogP contribution >= 0.6 is 0 Å². The Labute approximate surface area is 112 Å². The van der Waals surface area contributed by atoms with Crippen molar-refractivity contribution in [2.45, 2.75) is 47.1 Å². The van der Waals surface area contributed by atoms with Crippen molar-refractivity contribution in [3.05, 3.63) is 0 Å². The number of hydrogen-bond acceptors (Lipinski definition) is 3. The summed E-state index contributed by atoms with van der Waals surface area (Å²) in [6.45, 7) is 13.5. The summed E-state index contributed by atoms with van der Waals surface area (Å²) in [5.41, 5.74) is 0. The fourth-order valence-corrected chi connectivity index (χ4v) is 1.36. The first-order valence-electron chi connectivity index (χ1n) is 7.02. The molecule has 0 aromatic rings. The third-order valence-corrected chi connectivity index (χ3v) is 2.44. The molecule has 1 atom stereocenters. The van der Waals surface area contributed by atoms with E-state index in [0.29, 0.717) is 11.8 Å². The molecule has 4 nitrogen and oxygen atoms in total. The van der Waals surface area contributed by atoms with E-state index in [1.165, 1.54) is 0 Å². The summed E-state index contributed by atoms with van der Waals surface area (Å²) in [6, 6.07) is -0.131. The Hall–Kier alpha value is -0.610. The third kappa shape index (κ3) is 10.5. The van der Waals surface area contributed by atoms with Gasteiger partial charge in [-0.15, -0.1) is 0 Å². The monoisotopic (exact) mass is 258 g/mol. The average Bonchev–Trinajstić information content (AvgIpc) is 2.29. The zero-order chi connectivity index (χ0) is 14.0. The van der Waals surface area contributed by atoms with Crippen LogP contribution in [0.4, 0.5) is 0 Å². The molecule has 0 spiro atoms. The van der Waals surface area contributed by atoms with Gasteiger partial charge in [0.2, 0.25) is 5.91 Å². The molecule has 0 aliphatic carbocycles. The summed E-state index contributed by atoms with van der Waals surface area (Å²) in [4.78, 5) is 11.7. The molecule has 4 heteroatoms. The summed E-state index contributed by atoms with van der Waals surface area (Å²) < 4.78 is 5.48. The molecule has 1 amide bonds. The van der Waals surface area contributed by atoms with Crippen molar-refractivity contribution < 1.29 is 9.53 Å². The smallest absolute Gasteiger partial charge is 0.236 e. The Morgan fingerprint density at radius 3 is 2.33 bits per heavy atom. The maximum absolute atomic E-state index is 11.7. The van der Waals surface area contributed by atoms with Gasteiger partial charge in [-0.05, 0) is 31.7 Å². The number of carbonyl (C=O) groups excluding carboxylic acids is 1. The standard InChI is InChI=1S/C14H30N2O2/c1-11(2)9-16-14(17)13(5)15-7-6-8-18-10-12(3)4/h11-13,15H,6-10H2,1-5H3,(H,16,17). The number of rotatable bonds is 10. The Morgan fingerprint density at radius 1 is 1.11 bits per heavy atom. The first-order valence-corrected chi connectivity index (χ1v) is 7.02. The van der Waals surface area contributed by atoms with Gasteiger partial charge in [0, 0.05) is 19.8 Å². The summed E-state index contributed by atoms with van der Waals surface area (Å²) in [5.74, 6) is 1.15. The molecule has 0 aromatic heterocycles. The van der Waals surface area contributed by atoms with Crippen molar-refractivity contribution in [3.63, 3.8) is 0 Å². The van der Waals surface area contributed by atoms with Gasteiger partial charge < -0.3 is 15.4 Å².